The summed E-state index contributed by atoms with van der Waals surface area (Å²) < 4.78 is 0.823. The van der Waals surface area contributed by atoms with E-state index in [1.54, 1.807) is 11.3 Å². The third kappa shape index (κ3) is 3.40. The van der Waals surface area contributed by atoms with Crippen molar-refractivity contribution in [3.63, 3.8) is 0 Å². The molecule has 1 nitrogen and oxygen atoms in total. The fourth-order valence-electron chi connectivity index (χ4n) is 2.12. The van der Waals surface area contributed by atoms with E-state index in [0.717, 1.165) is 27.8 Å². The normalized spacial score (nSPS) is 12.7. The molecule has 1 aromatic heterocycles. The van der Waals surface area contributed by atoms with Gasteiger partial charge in [-0.1, -0.05) is 42.6 Å². The van der Waals surface area contributed by atoms with Gasteiger partial charge in [-0.05, 0) is 47.6 Å². The van der Waals surface area contributed by atoms with Crippen LogP contribution in [0, 0.1) is 0 Å². The zero-order valence-corrected chi connectivity index (χ0v) is 15.3. The Morgan fingerprint density at radius 2 is 1.95 bits per heavy atom. The minimum absolute atomic E-state index is 0.406. The molecule has 1 heterocycles. The average molecular weight is 393 g/mol. The molecule has 0 aliphatic rings. The first-order chi connectivity index (χ1) is 9.58. The minimum Gasteiger partial charge on any atom is -0.312 e. The summed E-state index contributed by atoms with van der Waals surface area (Å²) in [4.78, 5) is 2.48. The summed E-state index contributed by atoms with van der Waals surface area (Å²) in [6.07, 6.45) is 2.29. The van der Waals surface area contributed by atoms with Crippen LogP contribution in [0.5, 0.6) is 0 Å². The van der Waals surface area contributed by atoms with Crippen LogP contribution in [0.4, 0.5) is 0 Å². The predicted octanol–water partition coefficient (Wildman–Crippen LogP) is 6.55. The SMILES string of the molecule is CCCC(NC)c1ccc(-c2ccc(Br)c(Cl)c2Cl)s1. The topological polar surface area (TPSA) is 12.0 Å². The molecule has 0 spiro atoms. The lowest BCUT2D eigenvalue weighted by molar-refractivity contribution is 0.550. The summed E-state index contributed by atoms with van der Waals surface area (Å²) in [5.41, 5.74) is 0.988. The fourth-order valence-corrected chi connectivity index (χ4v) is 4.23. The Labute approximate surface area is 142 Å². The van der Waals surface area contributed by atoms with E-state index in [9.17, 15) is 0 Å². The summed E-state index contributed by atoms with van der Waals surface area (Å²) in [6, 6.07) is 8.63. The largest absolute Gasteiger partial charge is 0.312 e. The highest BCUT2D eigenvalue weighted by Gasteiger charge is 2.15. The smallest absolute Gasteiger partial charge is 0.0740 e. The number of thiophene rings is 1. The lowest BCUT2D eigenvalue weighted by Crippen LogP contribution is -2.14. The van der Waals surface area contributed by atoms with Crippen molar-refractivity contribution >= 4 is 50.5 Å². The number of hydrogen-bond acceptors (Lipinski definition) is 2. The molecule has 0 bridgehead atoms. The molecule has 0 saturated carbocycles. The molecule has 0 radical (unpaired) electrons. The van der Waals surface area contributed by atoms with Gasteiger partial charge in [-0.3, -0.25) is 0 Å². The van der Waals surface area contributed by atoms with Gasteiger partial charge in [0.1, 0.15) is 0 Å². The summed E-state index contributed by atoms with van der Waals surface area (Å²) in [6.45, 7) is 2.20. The van der Waals surface area contributed by atoms with Crippen LogP contribution < -0.4 is 5.32 Å². The van der Waals surface area contributed by atoms with Crippen LogP contribution in [0.2, 0.25) is 10.0 Å². The van der Waals surface area contributed by atoms with Gasteiger partial charge in [0, 0.05) is 25.8 Å². The molecule has 1 aromatic carbocycles. The second-order valence-electron chi connectivity index (χ2n) is 4.55. The van der Waals surface area contributed by atoms with Crippen molar-refractivity contribution in [3.05, 3.63) is 43.7 Å². The zero-order valence-electron chi connectivity index (χ0n) is 11.3. The van der Waals surface area contributed by atoms with Crippen LogP contribution in [0.25, 0.3) is 10.4 Å². The van der Waals surface area contributed by atoms with Gasteiger partial charge in [-0.2, -0.15) is 0 Å². The maximum absolute atomic E-state index is 6.35. The van der Waals surface area contributed by atoms with E-state index >= 15 is 0 Å². The van der Waals surface area contributed by atoms with E-state index < -0.39 is 0 Å². The predicted molar refractivity (Wildman–Crippen MR) is 94.2 cm³/mol. The lowest BCUT2D eigenvalue weighted by atomic mass is 10.1. The van der Waals surface area contributed by atoms with Crippen molar-refractivity contribution in [1.29, 1.82) is 0 Å². The van der Waals surface area contributed by atoms with Gasteiger partial charge >= 0.3 is 0 Å². The molecule has 0 aliphatic carbocycles. The van der Waals surface area contributed by atoms with Gasteiger partial charge in [0.2, 0.25) is 0 Å². The Kier molecular flexibility index (Phi) is 5.94. The van der Waals surface area contributed by atoms with Crippen LogP contribution in [0.15, 0.2) is 28.7 Å². The van der Waals surface area contributed by atoms with Crippen molar-refractivity contribution in [2.45, 2.75) is 25.8 Å². The molecule has 2 aromatic rings. The van der Waals surface area contributed by atoms with E-state index in [1.807, 2.05) is 19.2 Å². The maximum Gasteiger partial charge on any atom is 0.0740 e. The molecule has 1 atom stereocenters. The molecule has 0 saturated heterocycles. The van der Waals surface area contributed by atoms with Gasteiger partial charge in [-0.25, -0.2) is 0 Å². The Hall–Kier alpha value is -0.0600. The number of benzene rings is 1. The highest BCUT2D eigenvalue weighted by atomic mass is 79.9. The quantitative estimate of drug-likeness (QED) is 0.569. The Bertz CT molecular complexity index is 598. The zero-order chi connectivity index (χ0) is 14.7. The Balaban J connectivity index is 2.36. The van der Waals surface area contributed by atoms with Crippen LogP contribution in [0.1, 0.15) is 30.7 Å². The monoisotopic (exact) mass is 391 g/mol. The number of halogens is 3. The van der Waals surface area contributed by atoms with Gasteiger partial charge < -0.3 is 5.32 Å². The lowest BCUT2D eigenvalue weighted by Gasteiger charge is -2.12. The molecular weight excluding hydrogens is 377 g/mol. The first-order valence-electron chi connectivity index (χ1n) is 6.49. The number of nitrogens with one attached hydrogen (secondary N) is 1. The van der Waals surface area contributed by atoms with Gasteiger partial charge in [0.15, 0.2) is 0 Å². The molecule has 0 aliphatic heterocycles. The second kappa shape index (κ2) is 7.28. The molecule has 1 N–H and O–H groups in total. The van der Waals surface area contributed by atoms with Crippen LogP contribution in [-0.4, -0.2) is 7.05 Å². The van der Waals surface area contributed by atoms with E-state index in [2.05, 4.69) is 40.3 Å². The molecule has 2 rings (SSSR count). The summed E-state index contributed by atoms with van der Waals surface area (Å²) in [5.74, 6) is 0. The molecule has 0 fully saturated rings. The molecule has 20 heavy (non-hydrogen) atoms. The number of hydrogen-bond donors (Lipinski definition) is 1. The summed E-state index contributed by atoms with van der Waals surface area (Å²) >= 11 is 17.7. The van der Waals surface area contributed by atoms with Crippen LogP contribution in [0.3, 0.4) is 0 Å². The van der Waals surface area contributed by atoms with E-state index in [-0.39, 0.29) is 0 Å². The van der Waals surface area contributed by atoms with E-state index in [4.69, 9.17) is 23.2 Å². The molecule has 1 unspecified atom stereocenters. The van der Waals surface area contributed by atoms with Crippen LogP contribution >= 0.6 is 50.5 Å². The molecular formula is C15H16BrCl2NS. The summed E-state index contributed by atoms with van der Waals surface area (Å²) in [7, 11) is 2.00. The Morgan fingerprint density at radius 1 is 1.20 bits per heavy atom. The van der Waals surface area contributed by atoms with Crippen molar-refractivity contribution in [3.8, 4) is 10.4 Å². The standard InChI is InChI=1S/C15H16BrCl2NS/c1-3-4-11(19-2)13-8-7-12(20-13)9-5-6-10(16)15(18)14(9)17/h5-8,11,19H,3-4H2,1-2H3. The van der Waals surface area contributed by atoms with Crippen molar-refractivity contribution < 1.29 is 0 Å². The first-order valence-corrected chi connectivity index (χ1v) is 8.85. The third-order valence-corrected chi connectivity index (χ3v) is 6.20. The molecule has 108 valence electrons. The summed E-state index contributed by atoms with van der Waals surface area (Å²) in [5, 5.41) is 4.53. The van der Waals surface area contributed by atoms with Crippen molar-refractivity contribution in [2.24, 2.45) is 0 Å². The Morgan fingerprint density at radius 3 is 2.60 bits per heavy atom. The van der Waals surface area contributed by atoms with Gasteiger partial charge in [0.25, 0.3) is 0 Å². The average Bonchev–Trinajstić information content (AvgIpc) is 2.91. The van der Waals surface area contributed by atoms with Gasteiger partial charge in [-0.15, -0.1) is 11.3 Å². The third-order valence-electron chi connectivity index (χ3n) is 3.20. The van der Waals surface area contributed by atoms with E-state index in [0.29, 0.717) is 16.1 Å². The maximum atomic E-state index is 6.35. The fraction of sp³-hybridized carbons (Fsp3) is 0.333. The first kappa shape index (κ1) is 16.3. The highest BCUT2D eigenvalue weighted by Crippen LogP contribution is 2.41. The highest BCUT2D eigenvalue weighted by molar-refractivity contribution is 9.10. The van der Waals surface area contributed by atoms with E-state index in [1.165, 1.54) is 4.88 Å². The molecule has 5 heteroatoms. The van der Waals surface area contributed by atoms with Gasteiger partial charge in [0.05, 0.1) is 10.0 Å². The van der Waals surface area contributed by atoms with Crippen LogP contribution in [-0.2, 0) is 0 Å². The minimum atomic E-state index is 0.406. The number of rotatable bonds is 5. The van der Waals surface area contributed by atoms with Crippen molar-refractivity contribution in [2.75, 3.05) is 7.05 Å². The molecule has 0 amide bonds. The second-order valence-corrected chi connectivity index (χ2v) is 7.28. The van der Waals surface area contributed by atoms with Crippen molar-refractivity contribution in [1.82, 2.24) is 5.32 Å².